The first-order valence-corrected chi connectivity index (χ1v) is 5.36. The molecule has 0 radical (unpaired) electrons. The van der Waals surface area contributed by atoms with Crippen molar-refractivity contribution in [1.82, 2.24) is 4.98 Å². The van der Waals surface area contributed by atoms with Crippen molar-refractivity contribution in [2.24, 2.45) is 0 Å². The lowest BCUT2D eigenvalue weighted by Gasteiger charge is -2.09. The lowest BCUT2D eigenvalue weighted by Crippen LogP contribution is -2.12. The first kappa shape index (κ1) is 11.4. The van der Waals surface area contributed by atoms with E-state index >= 15 is 0 Å². The summed E-state index contributed by atoms with van der Waals surface area (Å²) >= 11 is 0. The molecule has 88 valence electrons. The summed E-state index contributed by atoms with van der Waals surface area (Å²) in [6, 6.07) is 9.23. The van der Waals surface area contributed by atoms with E-state index in [0.717, 1.165) is 10.9 Å². The third kappa shape index (κ3) is 2.20. The van der Waals surface area contributed by atoms with Gasteiger partial charge in [0, 0.05) is 11.1 Å². The molecule has 0 saturated heterocycles. The fraction of sp³-hybridized carbons (Fsp3) is 0.231. The van der Waals surface area contributed by atoms with Gasteiger partial charge >= 0.3 is 5.97 Å². The van der Waals surface area contributed by atoms with E-state index < -0.39 is 0 Å². The zero-order chi connectivity index (χ0) is 12.4. The van der Waals surface area contributed by atoms with Crippen molar-refractivity contribution >= 4 is 22.6 Å². The molecule has 17 heavy (non-hydrogen) atoms. The number of carbonyl (C=O) groups is 1. The van der Waals surface area contributed by atoms with Crippen LogP contribution in [0.5, 0.6) is 0 Å². The number of benzene rings is 1. The molecule has 0 fully saturated rings. The summed E-state index contributed by atoms with van der Waals surface area (Å²) in [5.41, 5.74) is 7.92. The Balaban J connectivity index is 2.44. The van der Waals surface area contributed by atoms with Gasteiger partial charge in [-0.1, -0.05) is 6.07 Å². The average Bonchev–Trinajstić information content (AvgIpc) is 2.36. The van der Waals surface area contributed by atoms with Gasteiger partial charge in [-0.05, 0) is 31.2 Å². The molecule has 0 aliphatic carbocycles. The zero-order valence-corrected chi connectivity index (χ0v) is 9.81. The summed E-state index contributed by atoms with van der Waals surface area (Å²) in [6.07, 6.45) is 0. The highest BCUT2D eigenvalue weighted by molar-refractivity contribution is 5.83. The number of rotatable bonds is 2. The molecular formula is C13H14N2O2. The summed E-state index contributed by atoms with van der Waals surface area (Å²) in [4.78, 5) is 15.8. The van der Waals surface area contributed by atoms with Crippen LogP contribution in [0.4, 0.5) is 5.69 Å². The molecule has 0 aliphatic rings. The minimum atomic E-state index is -0.359. The maximum atomic E-state index is 11.4. The van der Waals surface area contributed by atoms with Crippen LogP contribution in [0.2, 0.25) is 0 Å². The summed E-state index contributed by atoms with van der Waals surface area (Å²) in [6.45, 7) is 1.78. The van der Waals surface area contributed by atoms with E-state index in [2.05, 4.69) is 4.98 Å². The molecule has 0 saturated carbocycles. The van der Waals surface area contributed by atoms with Gasteiger partial charge in [-0.2, -0.15) is 0 Å². The summed E-state index contributed by atoms with van der Waals surface area (Å²) in [5.74, 6) is -0.644. The van der Waals surface area contributed by atoms with Crippen molar-refractivity contribution < 1.29 is 9.53 Å². The number of carbonyl (C=O) groups excluding carboxylic acids is 1. The lowest BCUT2D eigenvalue weighted by atomic mass is 10.1. The van der Waals surface area contributed by atoms with Gasteiger partial charge in [0.05, 0.1) is 24.2 Å². The standard InChI is InChI=1S/C13H14N2O2/c1-8(13(16)17-2)11-5-3-9-7-10(14)4-6-12(9)15-11/h3-8H,14H2,1-2H3. The molecule has 0 bridgehead atoms. The molecule has 4 heteroatoms. The number of aromatic nitrogens is 1. The number of esters is 1. The molecule has 0 aliphatic heterocycles. The molecule has 2 N–H and O–H groups in total. The predicted octanol–water partition coefficient (Wildman–Crippen LogP) is 2.09. The third-order valence-electron chi connectivity index (χ3n) is 2.73. The SMILES string of the molecule is COC(=O)C(C)c1ccc2cc(N)ccc2n1. The van der Waals surface area contributed by atoms with E-state index in [0.29, 0.717) is 11.4 Å². The van der Waals surface area contributed by atoms with Crippen LogP contribution in [-0.2, 0) is 9.53 Å². The first-order valence-electron chi connectivity index (χ1n) is 5.36. The van der Waals surface area contributed by atoms with Crippen LogP contribution < -0.4 is 5.73 Å². The van der Waals surface area contributed by atoms with Crippen LogP contribution in [0.25, 0.3) is 10.9 Å². The zero-order valence-electron chi connectivity index (χ0n) is 9.81. The van der Waals surface area contributed by atoms with E-state index in [-0.39, 0.29) is 11.9 Å². The van der Waals surface area contributed by atoms with Gasteiger partial charge < -0.3 is 10.5 Å². The Morgan fingerprint density at radius 2 is 2.12 bits per heavy atom. The highest BCUT2D eigenvalue weighted by atomic mass is 16.5. The Labute approximate surface area is 99.4 Å². The third-order valence-corrected chi connectivity index (χ3v) is 2.73. The van der Waals surface area contributed by atoms with E-state index in [4.69, 9.17) is 10.5 Å². The van der Waals surface area contributed by atoms with Gasteiger partial charge in [0.2, 0.25) is 0 Å². The molecule has 0 spiro atoms. The van der Waals surface area contributed by atoms with Crippen molar-refractivity contribution in [2.45, 2.75) is 12.8 Å². The molecule has 1 unspecified atom stereocenters. The molecule has 4 nitrogen and oxygen atoms in total. The molecule has 2 aromatic rings. The smallest absolute Gasteiger partial charge is 0.314 e. The Kier molecular flexibility index (Phi) is 2.95. The van der Waals surface area contributed by atoms with Crippen LogP contribution in [0.3, 0.4) is 0 Å². The summed E-state index contributed by atoms with van der Waals surface area (Å²) < 4.78 is 4.70. The second-order valence-electron chi connectivity index (χ2n) is 3.93. The molecule has 2 rings (SSSR count). The maximum Gasteiger partial charge on any atom is 0.314 e. The molecule has 1 heterocycles. The number of hydrogen-bond donors (Lipinski definition) is 1. The van der Waals surface area contributed by atoms with Crippen LogP contribution >= 0.6 is 0 Å². The van der Waals surface area contributed by atoms with E-state index in [9.17, 15) is 4.79 Å². The van der Waals surface area contributed by atoms with Crippen molar-refractivity contribution in [3.63, 3.8) is 0 Å². The lowest BCUT2D eigenvalue weighted by molar-refractivity contribution is -0.142. The fourth-order valence-electron chi connectivity index (χ4n) is 1.70. The Morgan fingerprint density at radius 3 is 2.82 bits per heavy atom. The number of methoxy groups -OCH3 is 1. The summed E-state index contributed by atoms with van der Waals surface area (Å²) in [7, 11) is 1.38. The molecular weight excluding hydrogens is 216 g/mol. The largest absolute Gasteiger partial charge is 0.469 e. The molecule has 1 aromatic heterocycles. The van der Waals surface area contributed by atoms with E-state index in [1.165, 1.54) is 7.11 Å². The van der Waals surface area contributed by atoms with Gasteiger partial charge in [0.15, 0.2) is 0 Å². The number of hydrogen-bond acceptors (Lipinski definition) is 4. The second-order valence-corrected chi connectivity index (χ2v) is 3.93. The highest BCUT2D eigenvalue weighted by Crippen LogP contribution is 2.20. The van der Waals surface area contributed by atoms with E-state index in [1.54, 1.807) is 13.0 Å². The fourth-order valence-corrected chi connectivity index (χ4v) is 1.70. The normalized spacial score (nSPS) is 12.4. The number of nitrogen functional groups attached to an aromatic ring is 1. The number of fused-ring (bicyclic) bond motifs is 1. The Morgan fingerprint density at radius 1 is 1.35 bits per heavy atom. The number of pyridine rings is 1. The quantitative estimate of drug-likeness (QED) is 0.633. The topological polar surface area (TPSA) is 65.2 Å². The summed E-state index contributed by atoms with van der Waals surface area (Å²) in [5, 5.41) is 0.964. The van der Waals surface area contributed by atoms with Crippen molar-refractivity contribution in [3.05, 3.63) is 36.0 Å². The minimum absolute atomic E-state index is 0.285. The number of ether oxygens (including phenoxy) is 1. The average molecular weight is 230 g/mol. The Hall–Kier alpha value is -2.10. The second kappa shape index (κ2) is 4.41. The monoisotopic (exact) mass is 230 g/mol. The molecule has 1 aromatic carbocycles. The van der Waals surface area contributed by atoms with Crippen LogP contribution in [-0.4, -0.2) is 18.1 Å². The Bertz CT molecular complexity index is 566. The predicted molar refractivity (Wildman–Crippen MR) is 66.6 cm³/mol. The van der Waals surface area contributed by atoms with Crippen molar-refractivity contribution in [3.8, 4) is 0 Å². The van der Waals surface area contributed by atoms with Gasteiger partial charge in [0.25, 0.3) is 0 Å². The number of nitrogens with two attached hydrogens (primary N) is 1. The van der Waals surface area contributed by atoms with Crippen LogP contribution in [0, 0.1) is 0 Å². The van der Waals surface area contributed by atoms with Crippen LogP contribution in [0.1, 0.15) is 18.5 Å². The van der Waals surface area contributed by atoms with Gasteiger partial charge in [-0.15, -0.1) is 0 Å². The van der Waals surface area contributed by atoms with E-state index in [1.807, 2.05) is 24.3 Å². The highest BCUT2D eigenvalue weighted by Gasteiger charge is 2.17. The first-order chi connectivity index (χ1) is 8.11. The van der Waals surface area contributed by atoms with Gasteiger partial charge in [0.1, 0.15) is 0 Å². The molecule has 1 atom stereocenters. The van der Waals surface area contributed by atoms with Crippen LogP contribution in [0.15, 0.2) is 30.3 Å². The van der Waals surface area contributed by atoms with Gasteiger partial charge in [-0.3, -0.25) is 9.78 Å². The maximum absolute atomic E-state index is 11.4. The number of anilines is 1. The molecule has 0 amide bonds. The van der Waals surface area contributed by atoms with Crippen molar-refractivity contribution in [1.29, 1.82) is 0 Å². The van der Waals surface area contributed by atoms with Gasteiger partial charge in [-0.25, -0.2) is 0 Å². The van der Waals surface area contributed by atoms with Crippen molar-refractivity contribution in [2.75, 3.05) is 12.8 Å². The number of nitrogens with zero attached hydrogens (tertiary/aromatic N) is 1. The minimum Gasteiger partial charge on any atom is -0.469 e.